The molecule has 0 bridgehead atoms. The number of carbonyl (C=O) groups excluding carboxylic acids is 1. The Morgan fingerprint density at radius 3 is 2.79 bits per heavy atom. The van der Waals surface area contributed by atoms with Crippen molar-refractivity contribution in [3.8, 4) is 11.5 Å². The number of nitrogens with zero attached hydrogens (tertiary/aromatic N) is 3. The minimum atomic E-state index is -3.39. The Labute approximate surface area is 139 Å². The van der Waals surface area contributed by atoms with E-state index in [1.165, 1.54) is 4.31 Å². The molecule has 1 aromatic heterocycles. The number of benzene rings is 1. The summed E-state index contributed by atoms with van der Waals surface area (Å²) in [5.74, 6) is 0.293. The second-order valence-corrected chi connectivity index (χ2v) is 7.55. The van der Waals surface area contributed by atoms with Gasteiger partial charge in [0.2, 0.25) is 27.7 Å². The van der Waals surface area contributed by atoms with Gasteiger partial charge in [0, 0.05) is 12.1 Å². The maximum atomic E-state index is 12.2. The number of rotatable bonds is 5. The summed E-state index contributed by atoms with van der Waals surface area (Å²) < 4.78 is 30.1. The maximum Gasteiger partial charge on any atom is 0.247 e. The highest BCUT2D eigenvalue weighted by atomic mass is 32.2. The third-order valence-electron chi connectivity index (χ3n) is 3.83. The van der Waals surface area contributed by atoms with Gasteiger partial charge >= 0.3 is 0 Å². The van der Waals surface area contributed by atoms with Gasteiger partial charge in [0.15, 0.2) is 0 Å². The van der Waals surface area contributed by atoms with Crippen LogP contribution in [-0.2, 0) is 21.4 Å². The molecule has 0 unspecified atom stereocenters. The van der Waals surface area contributed by atoms with Gasteiger partial charge < -0.3 is 9.73 Å². The maximum absolute atomic E-state index is 12.2. The molecule has 0 radical (unpaired) electrons. The van der Waals surface area contributed by atoms with E-state index in [9.17, 15) is 13.2 Å². The van der Waals surface area contributed by atoms with Crippen molar-refractivity contribution < 1.29 is 17.6 Å². The highest BCUT2D eigenvalue weighted by molar-refractivity contribution is 7.88. The van der Waals surface area contributed by atoms with Crippen molar-refractivity contribution in [2.75, 3.05) is 12.8 Å². The molecule has 9 heteroatoms. The number of aromatic nitrogens is 2. The summed E-state index contributed by atoms with van der Waals surface area (Å²) in [6.07, 6.45) is 2.30. The van der Waals surface area contributed by atoms with Gasteiger partial charge in [-0.2, -0.15) is 4.31 Å². The van der Waals surface area contributed by atoms with Crippen molar-refractivity contribution in [3.05, 3.63) is 36.2 Å². The van der Waals surface area contributed by atoms with E-state index in [0.29, 0.717) is 25.3 Å². The van der Waals surface area contributed by atoms with E-state index in [4.69, 9.17) is 4.42 Å². The first-order chi connectivity index (χ1) is 11.4. The molecule has 0 spiro atoms. The zero-order chi connectivity index (χ0) is 17.2. The van der Waals surface area contributed by atoms with Crippen molar-refractivity contribution in [1.82, 2.24) is 19.8 Å². The van der Waals surface area contributed by atoms with Crippen LogP contribution in [0.25, 0.3) is 11.5 Å². The van der Waals surface area contributed by atoms with Crippen molar-refractivity contribution in [3.63, 3.8) is 0 Å². The van der Waals surface area contributed by atoms with Crippen molar-refractivity contribution in [2.45, 2.75) is 25.4 Å². The highest BCUT2D eigenvalue weighted by Gasteiger charge is 2.36. The predicted molar refractivity (Wildman–Crippen MR) is 86.2 cm³/mol. The summed E-state index contributed by atoms with van der Waals surface area (Å²) in [6, 6.07) is 8.63. The fraction of sp³-hybridized carbons (Fsp3) is 0.400. The quantitative estimate of drug-likeness (QED) is 0.854. The van der Waals surface area contributed by atoms with Crippen LogP contribution < -0.4 is 5.32 Å². The Kier molecular flexibility index (Phi) is 4.63. The van der Waals surface area contributed by atoms with Crippen LogP contribution in [0.4, 0.5) is 0 Å². The molecule has 1 atom stereocenters. The number of hydrogen-bond donors (Lipinski definition) is 1. The lowest BCUT2D eigenvalue weighted by Gasteiger charge is -2.20. The Bertz CT molecular complexity index is 819. The van der Waals surface area contributed by atoms with Gasteiger partial charge in [-0.15, -0.1) is 10.2 Å². The Balaban J connectivity index is 1.62. The molecule has 2 heterocycles. The fourth-order valence-corrected chi connectivity index (χ4v) is 3.83. The monoisotopic (exact) mass is 350 g/mol. The van der Waals surface area contributed by atoms with Crippen molar-refractivity contribution in [2.24, 2.45) is 0 Å². The minimum absolute atomic E-state index is 0.0623. The number of amides is 1. The number of hydrogen-bond acceptors (Lipinski definition) is 6. The predicted octanol–water partition coefficient (Wildman–Crippen LogP) is 0.777. The van der Waals surface area contributed by atoms with Crippen LogP contribution in [0.1, 0.15) is 18.7 Å². The van der Waals surface area contributed by atoms with Crippen LogP contribution in [0.3, 0.4) is 0 Å². The Morgan fingerprint density at radius 2 is 2.08 bits per heavy atom. The van der Waals surface area contributed by atoms with E-state index >= 15 is 0 Å². The smallest absolute Gasteiger partial charge is 0.247 e. The van der Waals surface area contributed by atoms with Gasteiger partial charge in [0.05, 0.1) is 12.8 Å². The number of nitrogens with one attached hydrogen (secondary N) is 1. The van der Waals surface area contributed by atoms with Crippen LogP contribution in [-0.4, -0.2) is 47.7 Å². The summed E-state index contributed by atoms with van der Waals surface area (Å²) in [7, 11) is -3.39. The van der Waals surface area contributed by atoms with Gasteiger partial charge in [-0.3, -0.25) is 4.79 Å². The lowest BCUT2D eigenvalue weighted by Crippen LogP contribution is -2.45. The summed E-state index contributed by atoms with van der Waals surface area (Å²) in [4.78, 5) is 12.2. The normalized spacial score (nSPS) is 18.6. The SMILES string of the molecule is CS(=O)(=O)N1CCC[C@H]1C(=O)NCc1nnc(-c2ccccc2)o1. The molecule has 2 aromatic rings. The first-order valence-electron chi connectivity index (χ1n) is 7.57. The molecule has 0 aliphatic carbocycles. The van der Waals surface area contributed by atoms with E-state index in [-0.39, 0.29) is 18.3 Å². The van der Waals surface area contributed by atoms with Crippen LogP contribution in [0, 0.1) is 0 Å². The van der Waals surface area contributed by atoms with E-state index in [2.05, 4.69) is 15.5 Å². The molecule has 1 N–H and O–H groups in total. The van der Waals surface area contributed by atoms with E-state index in [1.54, 1.807) is 0 Å². The summed E-state index contributed by atoms with van der Waals surface area (Å²) in [5.41, 5.74) is 0.793. The average Bonchev–Trinajstić information content (AvgIpc) is 3.22. The minimum Gasteiger partial charge on any atom is -0.419 e. The fourth-order valence-electron chi connectivity index (χ4n) is 2.70. The molecule has 1 aliphatic heterocycles. The van der Waals surface area contributed by atoms with Crippen molar-refractivity contribution in [1.29, 1.82) is 0 Å². The first-order valence-corrected chi connectivity index (χ1v) is 9.42. The zero-order valence-electron chi connectivity index (χ0n) is 13.2. The molecular formula is C15H18N4O4S. The molecule has 0 saturated carbocycles. The lowest BCUT2D eigenvalue weighted by atomic mass is 10.2. The van der Waals surface area contributed by atoms with Gasteiger partial charge in [0.1, 0.15) is 6.04 Å². The molecule has 1 amide bonds. The van der Waals surface area contributed by atoms with Gasteiger partial charge in [-0.25, -0.2) is 8.42 Å². The molecule has 1 aromatic carbocycles. The van der Waals surface area contributed by atoms with Gasteiger partial charge in [0.25, 0.3) is 0 Å². The molecule has 3 rings (SSSR count). The van der Waals surface area contributed by atoms with E-state index in [0.717, 1.165) is 11.8 Å². The summed E-state index contributed by atoms with van der Waals surface area (Å²) in [5, 5.41) is 10.5. The molecule has 8 nitrogen and oxygen atoms in total. The molecular weight excluding hydrogens is 332 g/mol. The summed E-state index contributed by atoms with van der Waals surface area (Å²) in [6.45, 7) is 0.433. The van der Waals surface area contributed by atoms with Gasteiger partial charge in [-0.1, -0.05) is 18.2 Å². The standard InChI is InChI=1S/C15H18N4O4S/c1-24(21,22)19-9-5-8-12(19)14(20)16-10-13-17-18-15(23-13)11-6-3-2-4-7-11/h2-4,6-7,12H,5,8-10H2,1H3,(H,16,20)/t12-/m0/s1. The highest BCUT2D eigenvalue weighted by Crippen LogP contribution is 2.21. The van der Waals surface area contributed by atoms with Crippen LogP contribution >= 0.6 is 0 Å². The Hall–Kier alpha value is -2.26. The third-order valence-corrected chi connectivity index (χ3v) is 5.12. The van der Waals surface area contributed by atoms with Crippen LogP contribution in [0.2, 0.25) is 0 Å². The molecule has 24 heavy (non-hydrogen) atoms. The molecule has 128 valence electrons. The number of carbonyl (C=O) groups is 1. The van der Waals surface area contributed by atoms with E-state index in [1.807, 2.05) is 30.3 Å². The molecule has 1 aliphatic rings. The van der Waals surface area contributed by atoms with E-state index < -0.39 is 16.1 Å². The van der Waals surface area contributed by atoms with Gasteiger partial charge in [-0.05, 0) is 25.0 Å². The molecule has 1 saturated heterocycles. The lowest BCUT2D eigenvalue weighted by molar-refractivity contribution is -0.124. The first kappa shape index (κ1) is 16.6. The largest absolute Gasteiger partial charge is 0.419 e. The van der Waals surface area contributed by atoms with Crippen LogP contribution in [0.5, 0.6) is 0 Å². The number of sulfonamides is 1. The van der Waals surface area contributed by atoms with Crippen molar-refractivity contribution >= 4 is 15.9 Å². The third kappa shape index (κ3) is 3.62. The molecule has 1 fully saturated rings. The second kappa shape index (κ2) is 6.70. The second-order valence-electron chi connectivity index (χ2n) is 5.62. The topological polar surface area (TPSA) is 105 Å². The zero-order valence-corrected chi connectivity index (χ0v) is 14.0. The summed E-state index contributed by atoms with van der Waals surface area (Å²) >= 11 is 0. The Morgan fingerprint density at radius 1 is 1.33 bits per heavy atom. The van der Waals surface area contributed by atoms with Crippen LogP contribution in [0.15, 0.2) is 34.7 Å². The average molecular weight is 350 g/mol.